The van der Waals surface area contributed by atoms with Gasteiger partial charge in [-0.1, -0.05) is 48.5 Å². The molecule has 0 spiro atoms. The zero-order chi connectivity index (χ0) is 22.3. The molecule has 5 rings (SSSR count). The summed E-state index contributed by atoms with van der Waals surface area (Å²) in [7, 11) is -2.51. The molecule has 6 nitrogen and oxygen atoms in total. The van der Waals surface area contributed by atoms with Crippen LogP contribution in [0, 0.1) is 0 Å². The third-order valence-corrected chi connectivity index (χ3v) is 7.50. The van der Waals surface area contributed by atoms with Crippen molar-refractivity contribution in [2.75, 3.05) is 19.5 Å². The molecular weight excluding hydrogens is 428 g/mol. The van der Waals surface area contributed by atoms with Crippen molar-refractivity contribution in [1.82, 2.24) is 0 Å². The van der Waals surface area contributed by atoms with E-state index in [1.54, 1.807) is 42.5 Å². The fraction of sp³-hybridized carbons (Fsp3) is 0.160. The van der Waals surface area contributed by atoms with E-state index < -0.39 is 15.5 Å². The highest BCUT2D eigenvalue weighted by atomic mass is 32.2. The third kappa shape index (κ3) is 3.44. The normalized spacial score (nSPS) is 15.3. The monoisotopic (exact) mass is 448 g/mol. The second-order valence-corrected chi connectivity index (χ2v) is 9.62. The van der Waals surface area contributed by atoms with Crippen molar-refractivity contribution in [3.05, 3.63) is 88.8 Å². The molecule has 1 aliphatic heterocycles. The van der Waals surface area contributed by atoms with Gasteiger partial charge in [0.1, 0.15) is 17.1 Å². The topological polar surface area (TPSA) is 82.8 Å². The molecule has 1 aliphatic rings. The Labute approximate surface area is 185 Å². The van der Waals surface area contributed by atoms with E-state index in [4.69, 9.17) is 13.9 Å². The summed E-state index contributed by atoms with van der Waals surface area (Å²) < 4.78 is 43.6. The van der Waals surface area contributed by atoms with Crippen molar-refractivity contribution in [3.8, 4) is 22.6 Å². The van der Waals surface area contributed by atoms with Crippen LogP contribution in [0.5, 0.6) is 11.5 Å². The predicted octanol–water partition coefficient (Wildman–Crippen LogP) is 4.42. The van der Waals surface area contributed by atoms with Gasteiger partial charge in [-0.2, -0.15) is 0 Å². The molecule has 0 saturated carbocycles. The zero-order valence-corrected chi connectivity index (χ0v) is 18.1. The first-order valence-electron chi connectivity index (χ1n) is 10.1. The minimum Gasteiger partial charge on any atom is -0.497 e. The molecule has 1 aromatic heterocycles. The molecule has 2 heterocycles. The van der Waals surface area contributed by atoms with Gasteiger partial charge in [-0.05, 0) is 23.8 Å². The lowest BCUT2D eigenvalue weighted by Crippen LogP contribution is -2.23. The van der Waals surface area contributed by atoms with Crippen LogP contribution in [0.4, 0.5) is 0 Å². The SMILES string of the molecule is COc1ccc2c(-c3ccccc3)c(S(=O)(=O)CC3COc4ccccc43)c(=O)oc2c1. The van der Waals surface area contributed by atoms with Crippen LogP contribution in [0.3, 0.4) is 0 Å². The maximum Gasteiger partial charge on any atom is 0.355 e. The van der Waals surface area contributed by atoms with Gasteiger partial charge >= 0.3 is 5.63 Å². The van der Waals surface area contributed by atoms with Gasteiger partial charge in [0.2, 0.25) is 0 Å². The van der Waals surface area contributed by atoms with E-state index in [0.29, 0.717) is 28.0 Å². The van der Waals surface area contributed by atoms with Crippen LogP contribution < -0.4 is 15.1 Å². The van der Waals surface area contributed by atoms with Crippen molar-refractivity contribution >= 4 is 20.8 Å². The van der Waals surface area contributed by atoms with Gasteiger partial charge in [0, 0.05) is 28.5 Å². The Kier molecular flexibility index (Phi) is 4.98. The van der Waals surface area contributed by atoms with Crippen LogP contribution in [0.1, 0.15) is 11.5 Å². The summed E-state index contributed by atoms with van der Waals surface area (Å²) in [5, 5.41) is 0.526. The largest absolute Gasteiger partial charge is 0.497 e. The zero-order valence-electron chi connectivity index (χ0n) is 17.3. The molecule has 0 amide bonds. The molecule has 162 valence electrons. The molecule has 0 aliphatic carbocycles. The van der Waals surface area contributed by atoms with E-state index in [-0.39, 0.29) is 28.8 Å². The van der Waals surface area contributed by atoms with E-state index in [2.05, 4.69) is 0 Å². The second kappa shape index (κ2) is 7.84. The maximum atomic E-state index is 13.6. The van der Waals surface area contributed by atoms with Crippen molar-refractivity contribution in [3.63, 3.8) is 0 Å². The van der Waals surface area contributed by atoms with Gasteiger partial charge in [-0.15, -0.1) is 0 Å². The molecule has 0 fully saturated rings. The van der Waals surface area contributed by atoms with Gasteiger partial charge < -0.3 is 13.9 Å². The summed E-state index contributed by atoms with van der Waals surface area (Å²) in [4.78, 5) is 12.7. The summed E-state index contributed by atoms with van der Waals surface area (Å²) in [6.07, 6.45) is 0. The first-order valence-corrected chi connectivity index (χ1v) is 11.8. The highest BCUT2D eigenvalue weighted by Crippen LogP contribution is 2.38. The summed E-state index contributed by atoms with van der Waals surface area (Å²) in [6.45, 7) is 0.245. The van der Waals surface area contributed by atoms with Crippen molar-refractivity contribution < 1.29 is 22.3 Å². The minimum absolute atomic E-state index is 0.245. The second-order valence-electron chi connectivity index (χ2n) is 7.65. The number of methoxy groups -OCH3 is 1. The van der Waals surface area contributed by atoms with Gasteiger partial charge in [0.15, 0.2) is 14.7 Å². The fourth-order valence-electron chi connectivity index (χ4n) is 4.18. The molecule has 1 atom stereocenters. The molecular formula is C25H20O6S. The Hall–Kier alpha value is -3.58. The van der Waals surface area contributed by atoms with Gasteiger partial charge in [-0.3, -0.25) is 0 Å². The average Bonchev–Trinajstić information content (AvgIpc) is 3.20. The smallest absolute Gasteiger partial charge is 0.355 e. The summed E-state index contributed by atoms with van der Waals surface area (Å²) in [5.74, 6) is 0.561. The number of hydrogen-bond acceptors (Lipinski definition) is 6. The average molecular weight is 448 g/mol. The molecule has 0 radical (unpaired) electrons. The Balaban J connectivity index is 1.71. The van der Waals surface area contributed by atoms with Crippen molar-refractivity contribution in [2.24, 2.45) is 0 Å². The van der Waals surface area contributed by atoms with Crippen LogP contribution in [0.15, 0.2) is 86.9 Å². The maximum absolute atomic E-state index is 13.6. The summed E-state index contributed by atoms with van der Waals surface area (Å²) in [5.41, 5.74) is 1.16. The number of para-hydroxylation sites is 1. The van der Waals surface area contributed by atoms with E-state index in [1.807, 2.05) is 30.3 Å². The van der Waals surface area contributed by atoms with Gasteiger partial charge in [0.05, 0.1) is 19.5 Å². The lowest BCUT2D eigenvalue weighted by atomic mass is 10.0. The van der Waals surface area contributed by atoms with Gasteiger partial charge in [0.25, 0.3) is 0 Å². The molecule has 0 saturated heterocycles. The van der Waals surface area contributed by atoms with Crippen LogP contribution in [-0.2, 0) is 9.84 Å². The minimum atomic E-state index is -4.02. The van der Waals surface area contributed by atoms with E-state index in [1.165, 1.54) is 7.11 Å². The number of ether oxygens (including phenoxy) is 2. The van der Waals surface area contributed by atoms with Crippen LogP contribution in [0.25, 0.3) is 22.1 Å². The van der Waals surface area contributed by atoms with Crippen LogP contribution >= 0.6 is 0 Å². The number of hydrogen-bond donors (Lipinski definition) is 0. The quantitative estimate of drug-likeness (QED) is 0.421. The molecule has 3 aromatic carbocycles. The molecule has 0 bridgehead atoms. The Morgan fingerprint density at radius 2 is 1.75 bits per heavy atom. The lowest BCUT2D eigenvalue weighted by molar-refractivity contribution is 0.337. The Morgan fingerprint density at radius 1 is 1.00 bits per heavy atom. The van der Waals surface area contributed by atoms with Gasteiger partial charge in [-0.25, -0.2) is 13.2 Å². The van der Waals surface area contributed by atoms with Crippen LogP contribution in [0.2, 0.25) is 0 Å². The van der Waals surface area contributed by atoms with E-state index in [0.717, 1.165) is 5.56 Å². The lowest BCUT2D eigenvalue weighted by Gasteiger charge is -2.15. The molecule has 1 unspecified atom stereocenters. The Morgan fingerprint density at radius 3 is 2.53 bits per heavy atom. The van der Waals surface area contributed by atoms with E-state index >= 15 is 0 Å². The van der Waals surface area contributed by atoms with Crippen molar-refractivity contribution in [2.45, 2.75) is 10.8 Å². The predicted molar refractivity (Wildman–Crippen MR) is 121 cm³/mol. The molecule has 4 aromatic rings. The first-order chi connectivity index (χ1) is 15.5. The number of fused-ring (bicyclic) bond motifs is 2. The van der Waals surface area contributed by atoms with E-state index in [9.17, 15) is 13.2 Å². The highest BCUT2D eigenvalue weighted by Gasteiger charge is 2.34. The van der Waals surface area contributed by atoms with Crippen LogP contribution in [-0.4, -0.2) is 27.9 Å². The Bertz CT molecular complexity index is 1470. The standard InChI is InChI=1S/C25H20O6S/c1-29-18-11-12-20-22(13-18)31-25(26)24(23(20)16-7-3-2-4-8-16)32(27,28)15-17-14-30-21-10-6-5-9-19(17)21/h2-13,17H,14-15H2,1H3. The summed E-state index contributed by atoms with van der Waals surface area (Å²) in [6, 6.07) is 21.4. The first kappa shape index (κ1) is 20.3. The number of benzene rings is 3. The molecule has 7 heteroatoms. The number of rotatable bonds is 5. The highest BCUT2D eigenvalue weighted by molar-refractivity contribution is 7.91. The number of sulfone groups is 1. The summed E-state index contributed by atoms with van der Waals surface area (Å²) >= 11 is 0. The van der Waals surface area contributed by atoms with Crippen molar-refractivity contribution in [1.29, 1.82) is 0 Å². The molecule has 32 heavy (non-hydrogen) atoms. The third-order valence-electron chi connectivity index (χ3n) is 5.67. The molecule has 0 N–H and O–H groups in total. The fourth-order valence-corrected chi connectivity index (χ4v) is 5.99.